The minimum atomic E-state index is -0.341. The first-order valence-electron chi connectivity index (χ1n) is 8.74. The standard InChI is InChI=1S/C19H21BrN4O2/c1-4-26-15-6-5-11(20)7-12(15)17-16-13(8-19(2,3)9-14(16)25)23-18-21-10-22-24(17)18/h5-7,10,17H,4,8-9H2,1-3H3,(H,21,22,23)/t17-/m1/s1. The van der Waals surface area contributed by atoms with E-state index in [9.17, 15) is 4.79 Å². The van der Waals surface area contributed by atoms with Crippen molar-refractivity contribution in [1.29, 1.82) is 0 Å². The van der Waals surface area contributed by atoms with Crippen molar-refractivity contribution < 1.29 is 9.53 Å². The third-order valence-corrected chi connectivity index (χ3v) is 5.33. The third kappa shape index (κ3) is 2.84. The molecule has 26 heavy (non-hydrogen) atoms. The molecule has 0 bridgehead atoms. The van der Waals surface area contributed by atoms with E-state index in [1.807, 2.05) is 25.1 Å². The number of ketones is 1. The van der Waals surface area contributed by atoms with Crippen LogP contribution in [-0.2, 0) is 4.79 Å². The van der Waals surface area contributed by atoms with Gasteiger partial charge in [-0.25, -0.2) is 4.68 Å². The second-order valence-electron chi connectivity index (χ2n) is 7.50. The van der Waals surface area contributed by atoms with Crippen LogP contribution in [-0.4, -0.2) is 27.2 Å². The summed E-state index contributed by atoms with van der Waals surface area (Å²) in [6, 6.07) is 5.54. The number of aromatic nitrogens is 3. The lowest BCUT2D eigenvalue weighted by Crippen LogP contribution is -2.36. The third-order valence-electron chi connectivity index (χ3n) is 4.84. The van der Waals surface area contributed by atoms with Crippen LogP contribution in [0.5, 0.6) is 5.75 Å². The van der Waals surface area contributed by atoms with Gasteiger partial charge in [-0.3, -0.25) is 4.79 Å². The van der Waals surface area contributed by atoms with Gasteiger partial charge in [0.25, 0.3) is 0 Å². The van der Waals surface area contributed by atoms with E-state index in [1.54, 1.807) is 4.68 Å². The monoisotopic (exact) mass is 416 g/mol. The number of benzene rings is 1. The molecule has 1 N–H and O–H groups in total. The van der Waals surface area contributed by atoms with E-state index in [4.69, 9.17) is 4.74 Å². The van der Waals surface area contributed by atoms with Crippen molar-refractivity contribution in [1.82, 2.24) is 14.8 Å². The zero-order valence-corrected chi connectivity index (χ0v) is 16.6. The molecule has 0 spiro atoms. The van der Waals surface area contributed by atoms with Gasteiger partial charge in [0, 0.05) is 27.7 Å². The maximum absolute atomic E-state index is 13.1. The molecule has 0 unspecified atom stereocenters. The summed E-state index contributed by atoms with van der Waals surface area (Å²) in [6.45, 7) is 6.75. The van der Waals surface area contributed by atoms with E-state index < -0.39 is 0 Å². The molecule has 1 aromatic carbocycles. The van der Waals surface area contributed by atoms with Gasteiger partial charge in [-0.05, 0) is 37.0 Å². The highest BCUT2D eigenvalue weighted by Crippen LogP contribution is 2.47. The number of rotatable bonds is 3. The number of carbonyl (C=O) groups is 1. The number of hydrogen-bond donors (Lipinski definition) is 1. The van der Waals surface area contributed by atoms with Crippen LogP contribution in [0.4, 0.5) is 5.95 Å². The van der Waals surface area contributed by atoms with Crippen molar-refractivity contribution in [3.05, 3.63) is 45.8 Å². The van der Waals surface area contributed by atoms with Gasteiger partial charge >= 0.3 is 0 Å². The van der Waals surface area contributed by atoms with Crippen molar-refractivity contribution >= 4 is 27.7 Å². The Morgan fingerprint density at radius 3 is 2.96 bits per heavy atom. The molecular formula is C19H21BrN4O2. The number of carbonyl (C=O) groups excluding carboxylic acids is 1. The molecule has 2 aromatic rings. The Morgan fingerprint density at radius 2 is 2.19 bits per heavy atom. The summed E-state index contributed by atoms with van der Waals surface area (Å²) >= 11 is 3.55. The molecule has 2 aliphatic rings. The Bertz CT molecular complexity index is 916. The van der Waals surface area contributed by atoms with Gasteiger partial charge in [0.15, 0.2) is 5.78 Å². The molecule has 1 aromatic heterocycles. The summed E-state index contributed by atoms with van der Waals surface area (Å²) in [6.07, 6.45) is 2.84. The first-order chi connectivity index (χ1) is 12.4. The van der Waals surface area contributed by atoms with Crippen LogP contribution in [0.25, 0.3) is 0 Å². The Balaban J connectivity index is 1.93. The number of ether oxygens (including phenoxy) is 1. The summed E-state index contributed by atoms with van der Waals surface area (Å²) in [5.41, 5.74) is 2.55. The maximum Gasteiger partial charge on any atom is 0.226 e. The molecule has 6 nitrogen and oxygen atoms in total. The van der Waals surface area contributed by atoms with Crippen molar-refractivity contribution in [2.24, 2.45) is 5.41 Å². The summed E-state index contributed by atoms with van der Waals surface area (Å²) in [5, 5.41) is 7.72. The summed E-state index contributed by atoms with van der Waals surface area (Å²) in [5.74, 6) is 1.56. The first kappa shape index (κ1) is 17.3. The van der Waals surface area contributed by atoms with Crippen LogP contribution >= 0.6 is 15.9 Å². The second kappa shape index (κ2) is 6.23. The van der Waals surface area contributed by atoms with Crippen LogP contribution in [0.3, 0.4) is 0 Å². The van der Waals surface area contributed by atoms with Gasteiger partial charge in [0.05, 0.1) is 6.61 Å². The number of allylic oxidation sites excluding steroid dienone is 2. The topological polar surface area (TPSA) is 69.0 Å². The fourth-order valence-electron chi connectivity index (χ4n) is 3.86. The normalized spacial score (nSPS) is 21.1. The van der Waals surface area contributed by atoms with E-state index in [0.717, 1.165) is 33.5 Å². The zero-order chi connectivity index (χ0) is 18.5. The molecule has 0 radical (unpaired) electrons. The Morgan fingerprint density at radius 1 is 1.38 bits per heavy atom. The molecule has 1 aliphatic carbocycles. The van der Waals surface area contributed by atoms with Crippen molar-refractivity contribution in [3.8, 4) is 5.75 Å². The summed E-state index contributed by atoms with van der Waals surface area (Å²) in [4.78, 5) is 17.4. The summed E-state index contributed by atoms with van der Waals surface area (Å²) in [7, 11) is 0. The Kier molecular flexibility index (Phi) is 4.14. The van der Waals surface area contributed by atoms with Gasteiger partial charge in [-0.15, -0.1) is 0 Å². The smallest absolute Gasteiger partial charge is 0.226 e. The lowest BCUT2D eigenvalue weighted by atomic mass is 9.73. The average Bonchev–Trinajstić information content (AvgIpc) is 3.01. The second-order valence-corrected chi connectivity index (χ2v) is 8.42. The van der Waals surface area contributed by atoms with Crippen LogP contribution in [0.1, 0.15) is 45.2 Å². The number of nitrogens with one attached hydrogen (secondary N) is 1. The SMILES string of the molecule is CCOc1ccc(Br)cc1[C@@H]1C2=C(CC(C)(C)CC2=O)Nc2ncnn21. The Hall–Kier alpha value is -2.15. The van der Waals surface area contributed by atoms with Crippen molar-refractivity contribution in [2.45, 2.75) is 39.7 Å². The van der Waals surface area contributed by atoms with E-state index in [1.165, 1.54) is 6.33 Å². The highest BCUT2D eigenvalue weighted by Gasteiger charge is 2.42. The molecule has 7 heteroatoms. The number of anilines is 1. The molecule has 4 rings (SSSR count). The van der Waals surface area contributed by atoms with E-state index in [2.05, 4.69) is 45.2 Å². The molecule has 0 saturated heterocycles. The lowest BCUT2D eigenvalue weighted by molar-refractivity contribution is -0.118. The predicted octanol–water partition coefficient (Wildman–Crippen LogP) is 4.10. The van der Waals surface area contributed by atoms with Crippen LogP contribution in [0, 0.1) is 5.41 Å². The predicted molar refractivity (Wildman–Crippen MR) is 102 cm³/mol. The molecule has 1 aliphatic heterocycles. The van der Waals surface area contributed by atoms with Crippen molar-refractivity contribution in [3.63, 3.8) is 0 Å². The van der Waals surface area contributed by atoms with Gasteiger partial charge in [0.2, 0.25) is 5.95 Å². The average molecular weight is 417 g/mol. The fourth-order valence-corrected chi connectivity index (χ4v) is 4.24. The summed E-state index contributed by atoms with van der Waals surface area (Å²) < 4.78 is 8.57. The fraction of sp³-hybridized carbons (Fsp3) is 0.421. The minimum absolute atomic E-state index is 0.0737. The largest absolute Gasteiger partial charge is 0.494 e. The molecule has 2 heterocycles. The number of halogens is 1. The number of Topliss-reactive ketones (excluding diaryl/α,β-unsaturated/α-hetero) is 1. The number of fused-ring (bicyclic) bond motifs is 1. The van der Waals surface area contributed by atoms with Gasteiger partial charge in [-0.2, -0.15) is 10.1 Å². The first-order valence-corrected chi connectivity index (χ1v) is 9.54. The van der Waals surface area contributed by atoms with Crippen LogP contribution < -0.4 is 10.1 Å². The quantitative estimate of drug-likeness (QED) is 0.815. The van der Waals surface area contributed by atoms with Gasteiger partial charge in [-0.1, -0.05) is 29.8 Å². The molecule has 1 atom stereocenters. The molecule has 0 saturated carbocycles. The number of hydrogen-bond acceptors (Lipinski definition) is 5. The van der Waals surface area contributed by atoms with E-state index in [-0.39, 0.29) is 17.2 Å². The highest BCUT2D eigenvalue weighted by molar-refractivity contribution is 9.10. The highest BCUT2D eigenvalue weighted by atomic mass is 79.9. The molecular weight excluding hydrogens is 396 g/mol. The number of nitrogens with zero attached hydrogens (tertiary/aromatic N) is 3. The minimum Gasteiger partial charge on any atom is -0.494 e. The van der Waals surface area contributed by atoms with Gasteiger partial charge in [0.1, 0.15) is 18.1 Å². The lowest BCUT2D eigenvalue weighted by Gasteiger charge is -2.38. The molecule has 0 amide bonds. The van der Waals surface area contributed by atoms with E-state index in [0.29, 0.717) is 19.0 Å². The van der Waals surface area contributed by atoms with E-state index >= 15 is 0 Å². The molecule has 136 valence electrons. The maximum atomic E-state index is 13.1. The van der Waals surface area contributed by atoms with Crippen LogP contribution in [0.15, 0.2) is 40.3 Å². The van der Waals surface area contributed by atoms with Gasteiger partial charge < -0.3 is 10.1 Å². The zero-order valence-electron chi connectivity index (χ0n) is 15.0. The van der Waals surface area contributed by atoms with Crippen LogP contribution in [0.2, 0.25) is 0 Å². The molecule has 0 fully saturated rings. The van der Waals surface area contributed by atoms with Crippen molar-refractivity contribution in [2.75, 3.05) is 11.9 Å². The Labute approximate surface area is 160 Å².